The average molecular weight is 367 g/mol. The lowest BCUT2D eigenvalue weighted by Crippen LogP contribution is -2.03. The molecule has 3 rings (SSSR count). The van der Waals surface area contributed by atoms with E-state index in [4.69, 9.17) is 16.3 Å². The molecule has 0 atom stereocenters. The van der Waals surface area contributed by atoms with E-state index in [1.165, 1.54) is 13.2 Å². The first kappa shape index (κ1) is 14.0. The summed E-state index contributed by atoms with van der Waals surface area (Å²) in [7, 11) is 1.32. The van der Waals surface area contributed by atoms with Gasteiger partial charge in [0, 0.05) is 16.2 Å². The fourth-order valence-electron chi connectivity index (χ4n) is 2.01. The molecule has 2 aromatic heterocycles. The van der Waals surface area contributed by atoms with Crippen molar-refractivity contribution < 1.29 is 9.53 Å². The number of ether oxygens (including phenoxy) is 1. The van der Waals surface area contributed by atoms with Crippen LogP contribution in [0.3, 0.4) is 0 Å². The van der Waals surface area contributed by atoms with E-state index >= 15 is 0 Å². The Balaban J connectivity index is 2.25. The topological polar surface area (TPSA) is 56.5 Å². The molecule has 7 heteroatoms. The maximum Gasteiger partial charge on any atom is 0.339 e. The number of halogens is 2. The lowest BCUT2D eigenvalue weighted by atomic mass is 10.2. The van der Waals surface area contributed by atoms with Gasteiger partial charge >= 0.3 is 5.97 Å². The first-order chi connectivity index (χ1) is 10.1. The maximum atomic E-state index is 11.7. The Morgan fingerprint density at radius 2 is 2.14 bits per heavy atom. The van der Waals surface area contributed by atoms with Crippen molar-refractivity contribution in [3.63, 3.8) is 0 Å². The molecule has 0 aliphatic rings. The molecule has 1 aromatic carbocycles. The minimum absolute atomic E-state index is 0.339. The summed E-state index contributed by atoms with van der Waals surface area (Å²) in [5, 5.41) is 8.55. The van der Waals surface area contributed by atoms with E-state index in [1.807, 2.05) is 24.3 Å². The number of aromatic nitrogens is 3. The molecule has 5 nitrogen and oxygen atoms in total. The third-order valence-corrected chi connectivity index (χ3v) is 3.74. The molecule has 3 aromatic rings. The zero-order valence-electron chi connectivity index (χ0n) is 10.9. The molecule has 0 aliphatic carbocycles. The number of rotatable bonds is 2. The van der Waals surface area contributed by atoms with Crippen molar-refractivity contribution >= 4 is 39.1 Å². The standard InChI is InChI=1S/C14H9BrClN3O2/c1-21-14(20)9-6-11(16)13-18-17-12(19(13)7-9)8-3-2-4-10(15)5-8/h2-7H,1H3. The molecule has 0 bridgehead atoms. The van der Waals surface area contributed by atoms with Crippen LogP contribution in [0.2, 0.25) is 5.02 Å². The van der Waals surface area contributed by atoms with Crippen LogP contribution in [0.5, 0.6) is 0 Å². The van der Waals surface area contributed by atoms with Crippen LogP contribution < -0.4 is 0 Å². The molecular formula is C14H9BrClN3O2. The van der Waals surface area contributed by atoms with Crippen LogP contribution >= 0.6 is 27.5 Å². The van der Waals surface area contributed by atoms with Crippen molar-refractivity contribution in [3.05, 3.63) is 51.6 Å². The number of benzene rings is 1. The maximum absolute atomic E-state index is 11.7. The van der Waals surface area contributed by atoms with Gasteiger partial charge in [-0.2, -0.15) is 0 Å². The molecule has 2 heterocycles. The fourth-order valence-corrected chi connectivity index (χ4v) is 2.65. The van der Waals surface area contributed by atoms with Crippen molar-refractivity contribution in [2.75, 3.05) is 7.11 Å². The Morgan fingerprint density at radius 1 is 1.33 bits per heavy atom. The molecule has 0 fully saturated rings. The lowest BCUT2D eigenvalue weighted by Gasteiger charge is -2.04. The molecule has 0 radical (unpaired) electrons. The summed E-state index contributed by atoms with van der Waals surface area (Å²) >= 11 is 9.57. The molecule has 0 saturated carbocycles. The van der Waals surface area contributed by atoms with Gasteiger partial charge in [0.2, 0.25) is 0 Å². The molecule has 0 spiro atoms. The number of methoxy groups -OCH3 is 1. The zero-order valence-corrected chi connectivity index (χ0v) is 13.2. The second-order valence-corrected chi connectivity index (χ2v) is 5.62. The number of hydrogen-bond acceptors (Lipinski definition) is 4. The van der Waals surface area contributed by atoms with E-state index in [9.17, 15) is 4.79 Å². The minimum Gasteiger partial charge on any atom is -0.465 e. The van der Waals surface area contributed by atoms with Crippen molar-refractivity contribution in [3.8, 4) is 11.4 Å². The van der Waals surface area contributed by atoms with Crippen LogP contribution in [0.1, 0.15) is 10.4 Å². The zero-order chi connectivity index (χ0) is 15.0. The van der Waals surface area contributed by atoms with Crippen LogP contribution in [-0.4, -0.2) is 27.7 Å². The van der Waals surface area contributed by atoms with Crippen molar-refractivity contribution in [2.45, 2.75) is 0 Å². The highest BCUT2D eigenvalue weighted by Gasteiger charge is 2.15. The third kappa shape index (κ3) is 2.52. The third-order valence-electron chi connectivity index (χ3n) is 2.96. The summed E-state index contributed by atoms with van der Waals surface area (Å²) in [4.78, 5) is 11.7. The number of esters is 1. The number of fused-ring (bicyclic) bond motifs is 1. The molecular weight excluding hydrogens is 358 g/mol. The number of carbonyl (C=O) groups excluding carboxylic acids is 1. The number of pyridine rings is 1. The molecule has 0 N–H and O–H groups in total. The van der Waals surface area contributed by atoms with Gasteiger partial charge in [-0.05, 0) is 18.2 Å². The largest absolute Gasteiger partial charge is 0.465 e. The summed E-state index contributed by atoms with van der Waals surface area (Å²) in [5.41, 5.74) is 1.68. The fraction of sp³-hybridized carbons (Fsp3) is 0.0714. The number of nitrogens with zero attached hydrogens (tertiary/aromatic N) is 3. The minimum atomic E-state index is -0.465. The summed E-state index contributed by atoms with van der Waals surface area (Å²) in [5.74, 6) is 0.131. The Kier molecular flexibility index (Phi) is 3.65. The Hall–Kier alpha value is -1.92. The average Bonchev–Trinajstić information content (AvgIpc) is 2.90. The Bertz CT molecular complexity index is 847. The normalized spacial score (nSPS) is 10.8. The van der Waals surface area contributed by atoms with Crippen molar-refractivity contribution in [1.29, 1.82) is 0 Å². The van der Waals surface area contributed by atoms with E-state index in [0.29, 0.717) is 22.1 Å². The van der Waals surface area contributed by atoms with E-state index in [1.54, 1.807) is 10.6 Å². The first-order valence-electron chi connectivity index (χ1n) is 5.98. The van der Waals surface area contributed by atoms with Gasteiger partial charge in [-0.1, -0.05) is 39.7 Å². The van der Waals surface area contributed by atoms with Crippen LogP contribution in [0.15, 0.2) is 41.0 Å². The highest BCUT2D eigenvalue weighted by molar-refractivity contribution is 9.10. The monoisotopic (exact) mass is 365 g/mol. The number of carbonyl (C=O) groups is 1. The first-order valence-corrected chi connectivity index (χ1v) is 7.16. The Morgan fingerprint density at radius 3 is 2.86 bits per heavy atom. The predicted octanol–water partition coefficient (Wildman–Crippen LogP) is 3.60. The van der Waals surface area contributed by atoms with Gasteiger partial charge in [0.15, 0.2) is 11.5 Å². The highest BCUT2D eigenvalue weighted by atomic mass is 79.9. The lowest BCUT2D eigenvalue weighted by molar-refractivity contribution is 0.0600. The molecule has 0 aliphatic heterocycles. The van der Waals surface area contributed by atoms with Crippen LogP contribution in [0, 0.1) is 0 Å². The molecule has 0 saturated heterocycles. The quantitative estimate of drug-likeness (QED) is 0.650. The van der Waals surface area contributed by atoms with Gasteiger partial charge in [0.25, 0.3) is 0 Å². The van der Waals surface area contributed by atoms with E-state index in [2.05, 4.69) is 26.1 Å². The van der Waals surface area contributed by atoms with Gasteiger partial charge in [-0.15, -0.1) is 10.2 Å². The van der Waals surface area contributed by atoms with Gasteiger partial charge < -0.3 is 4.74 Å². The Labute approximate surface area is 133 Å². The SMILES string of the molecule is COC(=O)c1cc(Cl)c2nnc(-c3cccc(Br)c3)n2c1. The van der Waals surface area contributed by atoms with Crippen molar-refractivity contribution in [1.82, 2.24) is 14.6 Å². The van der Waals surface area contributed by atoms with Gasteiger partial charge in [0.05, 0.1) is 17.7 Å². The molecule has 106 valence electrons. The van der Waals surface area contributed by atoms with Gasteiger partial charge in [-0.3, -0.25) is 4.40 Å². The summed E-state index contributed by atoms with van der Waals surface area (Å²) in [6.07, 6.45) is 1.61. The van der Waals surface area contributed by atoms with Crippen LogP contribution in [-0.2, 0) is 4.74 Å². The van der Waals surface area contributed by atoms with E-state index < -0.39 is 5.97 Å². The molecule has 0 unspecified atom stereocenters. The second kappa shape index (κ2) is 5.46. The highest BCUT2D eigenvalue weighted by Crippen LogP contribution is 2.25. The van der Waals surface area contributed by atoms with Gasteiger partial charge in [-0.25, -0.2) is 4.79 Å². The summed E-state index contributed by atoms with van der Waals surface area (Å²) < 4.78 is 7.32. The van der Waals surface area contributed by atoms with E-state index in [0.717, 1.165) is 10.0 Å². The smallest absolute Gasteiger partial charge is 0.339 e. The van der Waals surface area contributed by atoms with Crippen LogP contribution in [0.25, 0.3) is 17.0 Å². The molecule has 0 amide bonds. The van der Waals surface area contributed by atoms with Gasteiger partial charge in [0.1, 0.15) is 0 Å². The second-order valence-electron chi connectivity index (χ2n) is 4.30. The summed E-state index contributed by atoms with van der Waals surface area (Å²) in [6.45, 7) is 0. The summed E-state index contributed by atoms with van der Waals surface area (Å²) in [6, 6.07) is 9.14. The predicted molar refractivity (Wildman–Crippen MR) is 82.5 cm³/mol. The van der Waals surface area contributed by atoms with Crippen molar-refractivity contribution in [2.24, 2.45) is 0 Å². The molecule has 21 heavy (non-hydrogen) atoms. The number of hydrogen-bond donors (Lipinski definition) is 0. The van der Waals surface area contributed by atoms with E-state index in [-0.39, 0.29) is 0 Å². The van der Waals surface area contributed by atoms with Crippen LogP contribution in [0.4, 0.5) is 0 Å².